The average Bonchev–Trinajstić information content (AvgIpc) is 2.67. The number of amides is 1. The van der Waals surface area contributed by atoms with Crippen molar-refractivity contribution >= 4 is 30.2 Å². The number of thiol groups is 1. The molecule has 1 aromatic carbocycles. The van der Waals surface area contributed by atoms with Crippen LogP contribution in [0.5, 0.6) is 0 Å². The van der Waals surface area contributed by atoms with Crippen molar-refractivity contribution in [3.63, 3.8) is 0 Å². The topological polar surface area (TPSA) is 46.6 Å². The van der Waals surface area contributed by atoms with E-state index in [0.29, 0.717) is 6.54 Å². The number of carbonyl (C=O) groups excluding carboxylic acids is 2. The molecule has 1 unspecified atom stereocenters. The Morgan fingerprint density at radius 2 is 2.28 bits per heavy atom. The van der Waals surface area contributed by atoms with Gasteiger partial charge in [0.25, 0.3) is 0 Å². The summed E-state index contributed by atoms with van der Waals surface area (Å²) in [6.45, 7) is 0.357. The number of hydrogen-bond acceptors (Lipinski definition) is 4. The van der Waals surface area contributed by atoms with Gasteiger partial charge in [-0.3, -0.25) is 4.79 Å². The van der Waals surface area contributed by atoms with Gasteiger partial charge in [-0.15, -0.1) is 0 Å². The normalized spacial score (nSPS) is 19.2. The van der Waals surface area contributed by atoms with Gasteiger partial charge in [0, 0.05) is 18.2 Å². The monoisotopic (exact) mass is 269 g/mol. The lowest BCUT2D eigenvalue weighted by Gasteiger charge is -2.19. The van der Waals surface area contributed by atoms with Gasteiger partial charge in [0.15, 0.2) is 0 Å². The number of methoxy groups -OCH3 is 1. The van der Waals surface area contributed by atoms with Crippen LogP contribution in [0, 0.1) is 5.82 Å². The highest BCUT2D eigenvalue weighted by atomic mass is 32.1. The first-order valence-electron chi connectivity index (χ1n) is 5.39. The number of hydrogen-bond donors (Lipinski definition) is 1. The van der Waals surface area contributed by atoms with Crippen molar-refractivity contribution in [1.29, 1.82) is 0 Å². The molecule has 1 amide bonds. The van der Waals surface area contributed by atoms with Gasteiger partial charge in [-0.2, -0.15) is 12.6 Å². The molecule has 96 valence electrons. The number of anilines is 1. The number of esters is 1. The molecule has 1 atom stereocenters. The molecule has 1 heterocycles. The second kappa shape index (κ2) is 4.97. The van der Waals surface area contributed by atoms with Crippen LogP contribution in [0.3, 0.4) is 0 Å². The van der Waals surface area contributed by atoms with Crippen molar-refractivity contribution in [2.24, 2.45) is 0 Å². The first kappa shape index (κ1) is 12.9. The minimum atomic E-state index is -0.597. The van der Waals surface area contributed by atoms with Gasteiger partial charge in [0.2, 0.25) is 5.91 Å². The second-order valence-corrected chi connectivity index (χ2v) is 4.75. The van der Waals surface area contributed by atoms with Crippen LogP contribution in [0.15, 0.2) is 18.2 Å². The van der Waals surface area contributed by atoms with Gasteiger partial charge in [-0.05, 0) is 18.2 Å². The molecule has 0 bridgehead atoms. The van der Waals surface area contributed by atoms with Crippen molar-refractivity contribution in [2.45, 2.75) is 11.7 Å². The quantitative estimate of drug-likeness (QED) is 0.656. The predicted molar refractivity (Wildman–Crippen MR) is 67.5 cm³/mol. The molecule has 0 spiro atoms. The summed E-state index contributed by atoms with van der Waals surface area (Å²) in [4.78, 5) is 24.7. The van der Waals surface area contributed by atoms with E-state index in [0.717, 1.165) is 12.1 Å². The van der Waals surface area contributed by atoms with Gasteiger partial charge >= 0.3 is 5.97 Å². The van der Waals surface area contributed by atoms with Crippen LogP contribution in [0.25, 0.3) is 0 Å². The van der Waals surface area contributed by atoms with Gasteiger partial charge in [-0.1, -0.05) is 0 Å². The lowest BCUT2D eigenvalue weighted by molar-refractivity contribution is -0.117. The summed E-state index contributed by atoms with van der Waals surface area (Å²) in [5.74, 6) is -1.28. The lowest BCUT2D eigenvalue weighted by Crippen LogP contribution is -2.27. The number of halogens is 1. The standard InChI is InChI=1S/C12H12FNO3S/c1-17-12(16)9-3-2-7(13)4-10(9)14-6-8(18)5-11(14)15/h2-4,8,18H,5-6H2,1H3. The SMILES string of the molecule is COC(=O)c1ccc(F)cc1N1CC(S)CC1=O. The Labute approximate surface area is 109 Å². The molecule has 1 aromatic rings. The molecule has 2 rings (SSSR count). The van der Waals surface area contributed by atoms with E-state index in [1.807, 2.05) is 0 Å². The first-order valence-corrected chi connectivity index (χ1v) is 5.91. The van der Waals surface area contributed by atoms with Gasteiger partial charge in [0.1, 0.15) is 5.82 Å². The van der Waals surface area contributed by atoms with E-state index in [4.69, 9.17) is 0 Å². The molecule has 0 radical (unpaired) electrons. The minimum Gasteiger partial charge on any atom is -0.465 e. The average molecular weight is 269 g/mol. The number of nitrogens with zero attached hydrogens (tertiary/aromatic N) is 1. The van der Waals surface area contributed by atoms with Crippen molar-refractivity contribution < 1.29 is 18.7 Å². The lowest BCUT2D eigenvalue weighted by atomic mass is 10.1. The van der Waals surface area contributed by atoms with Crippen LogP contribution in [-0.2, 0) is 9.53 Å². The summed E-state index contributed by atoms with van der Waals surface area (Å²) >= 11 is 4.22. The van der Waals surface area contributed by atoms with Gasteiger partial charge in [-0.25, -0.2) is 9.18 Å². The van der Waals surface area contributed by atoms with Crippen molar-refractivity contribution in [2.75, 3.05) is 18.6 Å². The smallest absolute Gasteiger partial charge is 0.339 e. The zero-order valence-electron chi connectivity index (χ0n) is 9.72. The fourth-order valence-corrected chi connectivity index (χ4v) is 2.25. The maximum absolute atomic E-state index is 13.3. The highest BCUT2D eigenvalue weighted by Crippen LogP contribution is 2.28. The number of benzene rings is 1. The molecule has 0 aromatic heterocycles. The molecule has 6 heteroatoms. The van der Waals surface area contributed by atoms with Crippen LogP contribution in [0.2, 0.25) is 0 Å². The summed E-state index contributed by atoms with van der Waals surface area (Å²) in [5, 5.41) is -0.105. The maximum Gasteiger partial charge on any atom is 0.339 e. The first-order chi connectivity index (χ1) is 8.52. The van der Waals surface area contributed by atoms with E-state index in [1.165, 1.54) is 18.1 Å². The molecular weight excluding hydrogens is 257 g/mol. The van der Waals surface area contributed by atoms with Crippen LogP contribution >= 0.6 is 12.6 Å². The number of carbonyl (C=O) groups is 2. The van der Waals surface area contributed by atoms with Crippen LogP contribution in [0.4, 0.5) is 10.1 Å². The maximum atomic E-state index is 13.3. The predicted octanol–water partition coefficient (Wildman–Crippen LogP) is 1.65. The number of rotatable bonds is 2. The van der Waals surface area contributed by atoms with Crippen molar-refractivity contribution in [3.05, 3.63) is 29.6 Å². The zero-order chi connectivity index (χ0) is 13.3. The molecular formula is C12H12FNO3S. The second-order valence-electron chi connectivity index (χ2n) is 4.02. The van der Waals surface area contributed by atoms with E-state index < -0.39 is 11.8 Å². The van der Waals surface area contributed by atoms with E-state index in [9.17, 15) is 14.0 Å². The fraction of sp³-hybridized carbons (Fsp3) is 0.333. The number of ether oxygens (including phenoxy) is 1. The summed E-state index contributed by atoms with van der Waals surface area (Å²) in [6.07, 6.45) is 0.278. The Morgan fingerprint density at radius 1 is 1.56 bits per heavy atom. The highest BCUT2D eigenvalue weighted by molar-refractivity contribution is 7.81. The molecule has 1 saturated heterocycles. The summed E-state index contributed by atoms with van der Waals surface area (Å²) in [6, 6.07) is 3.64. The molecule has 4 nitrogen and oxygen atoms in total. The highest BCUT2D eigenvalue weighted by Gasteiger charge is 2.31. The third-order valence-electron chi connectivity index (χ3n) is 2.76. The zero-order valence-corrected chi connectivity index (χ0v) is 10.6. The van der Waals surface area contributed by atoms with Gasteiger partial charge < -0.3 is 9.64 Å². The molecule has 1 aliphatic heterocycles. The van der Waals surface area contributed by atoms with Crippen molar-refractivity contribution in [3.8, 4) is 0 Å². The minimum absolute atomic E-state index is 0.105. The third-order valence-corrected chi connectivity index (χ3v) is 3.11. The molecule has 0 aliphatic carbocycles. The summed E-state index contributed by atoms with van der Waals surface area (Å²) in [5.41, 5.74) is 0.415. The van der Waals surface area contributed by atoms with Gasteiger partial charge in [0.05, 0.1) is 18.4 Å². The van der Waals surface area contributed by atoms with Crippen LogP contribution < -0.4 is 4.90 Å². The van der Waals surface area contributed by atoms with Crippen LogP contribution in [0.1, 0.15) is 16.8 Å². The third kappa shape index (κ3) is 2.33. The molecule has 1 fully saturated rings. The molecule has 0 N–H and O–H groups in total. The summed E-state index contributed by atoms with van der Waals surface area (Å²) in [7, 11) is 1.24. The summed E-state index contributed by atoms with van der Waals surface area (Å²) < 4.78 is 17.9. The Balaban J connectivity index is 2.45. The molecule has 18 heavy (non-hydrogen) atoms. The fourth-order valence-electron chi connectivity index (χ4n) is 1.93. The van der Waals surface area contributed by atoms with Crippen LogP contribution in [-0.4, -0.2) is 30.8 Å². The van der Waals surface area contributed by atoms with E-state index >= 15 is 0 Å². The van der Waals surface area contributed by atoms with E-state index in [1.54, 1.807) is 0 Å². The molecule has 1 aliphatic rings. The Bertz CT molecular complexity index is 506. The van der Waals surface area contributed by atoms with Crippen molar-refractivity contribution in [1.82, 2.24) is 0 Å². The largest absolute Gasteiger partial charge is 0.465 e. The Morgan fingerprint density at radius 3 is 2.83 bits per heavy atom. The molecule has 0 saturated carbocycles. The Hall–Kier alpha value is -1.56. The van der Waals surface area contributed by atoms with E-state index in [2.05, 4.69) is 17.4 Å². The Kier molecular flexibility index (Phi) is 3.56. The van der Waals surface area contributed by atoms with E-state index in [-0.39, 0.29) is 28.8 Å².